The monoisotopic (exact) mass is 340 g/mol. The van der Waals surface area contributed by atoms with Crippen LogP contribution in [0.5, 0.6) is 0 Å². The van der Waals surface area contributed by atoms with Crippen LogP contribution in [0.15, 0.2) is 47.6 Å². The van der Waals surface area contributed by atoms with E-state index in [0.29, 0.717) is 5.56 Å². The minimum atomic E-state index is -0.483. The number of benzene rings is 2. The van der Waals surface area contributed by atoms with Crippen molar-refractivity contribution >= 4 is 23.5 Å². The van der Waals surface area contributed by atoms with Gasteiger partial charge >= 0.3 is 0 Å². The van der Waals surface area contributed by atoms with E-state index in [2.05, 4.69) is 15.8 Å². The van der Waals surface area contributed by atoms with Gasteiger partial charge in [0.15, 0.2) is 0 Å². The molecular formula is C18H20N4O3. The van der Waals surface area contributed by atoms with E-state index < -0.39 is 11.0 Å². The van der Waals surface area contributed by atoms with Gasteiger partial charge in [-0.1, -0.05) is 29.8 Å². The topological polar surface area (TPSA) is 96.6 Å². The third-order valence-electron chi connectivity index (χ3n) is 3.62. The van der Waals surface area contributed by atoms with E-state index in [1.807, 2.05) is 32.0 Å². The van der Waals surface area contributed by atoms with Gasteiger partial charge in [0, 0.05) is 23.4 Å². The zero-order chi connectivity index (χ0) is 18.4. The molecule has 1 atom stereocenters. The standard InChI is InChI=1S/C18H20N4O3/c1-12-7-8-17(13(2)9-12)20-14(3)18(23)21-19-11-15-5-4-6-16(10-15)22(24)25/h4-11,14,20H,1-3H3,(H,21,23). The molecule has 0 fully saturated rings. The lowest BCUT2D eigenvalue weighted by molar-refractivity contribution is -0.384. The molecule has 0 bridgehead atoms. The molecule has 7 heteroatoms. The first kappa shape index (κ1) is 18.1. The number of hydrazone groups is 1. The molecule has 0 aliphatic rings. The zero-order valence-corrected chi connectivity index (χ0v) is 14.3. The van der Waals surface area contributed by atoms with Gasteiger partial charge in [0.1, 0.15) is 6.04 Å². The van der Waals surface area contributed by atoms with Gasteiger partial charge in [-0.05, 0) is 32.4 Å². The van der Waals surface area contributed by atoms with Crippen molar-refractivity contribution in [2.45, 2.75) is 26.8 Å². The maximum Gasteiger partial charge on any atom is 0.270 e. The summed E-state index contributed by atoms with van der Waals surface area (Å²) in [5, 5.41) is 17.7. The minimum Gasteiger partial charge on any atom is -0.374 e. The number of hydrogen-bond acceptors (Lipinski definition) is 5. The van der Waals surface area contributed by atoms with E-state index in [4.69, 9.17) is 0 Å². The van der Waals surface area contributed by atoms with E-state index in [0.717, 1.165) is 16.8 Å². The molecule has 0 heterocycles. The van der Waals surface area contributed by atoms with Crippen molar-refractivity contribution in [1.82, 2.24) is 5.43 Å². The van der Waals surface area contributed by atoms with Crippen LogP contribution in [0, 0.1) is 24.0 Å². The average molecular weight is 340 g/mol. The highest BCUT2D eigenvalue weighted by Gasteiger charge is 2.12. The van der Waals surface area contributed by atoms with Crippen molar-refractivity contribution in [1.29, 1.82) is 0 Å². The van der Waals surface area contributed by atoms with Crippen LogP contribution in [0.4, 0.5) is 11.4 Å². The lowest BCUT2D eigenvalue weighted by atomic mass is 10.1. The lowest BCUT2D eigenvalue weighted by Crippen LogP contribution is -2.35. The molecule has 130 valence electrons. The van der Waals surface area contributed by atoms with E-state index in [1.165, 1.54) is 18.3 Å². The molecule has 1 unspecified atom stereocenters. The molecule has 0 aromatic heterocycles. The minimum absolute atomic E-state index is 0.0276. The Morgan fingerprint density at radius 3 is 2.68 bits per heavy atom. The number of non-ortho nitro benzene ring substituents is 1. The van der Waals surface area contributed by atoms with Crippen LogP contribution < -0.4 is 10.7 Å². The molecule has 0 radical (unpaired) electrons. The van der Waals surface area contributed by atoms with Crippen LogP contribution in [0.2, 0.25) is 0 Å². The van der Waals surface area contributed by atoms with Gasteiger partial charge in [-0.2, -0.15) is 5.10 Å². The smallest absolute Gasteiger partial charge is 0.270 e. The predicted molar refractivity (Wildman–Crippen MR) is 97.8 cm³/mol. The molecule has 7 nitrogen and oxygen atoms in total. The number of aryl methyl sites for hydroxylation is 2. The number of amides is 1. The van der Waals surface area contributed by atoms with E-state index >= 15 is 0 Å². The van der Waals surface area contributed by atoms with Crippen molar-refractivity contribution in [2.75, 3.05) is 5.32 Å². The van der Waals surface area contributed by atoms with Crippen molar-refractivity contribution in [3.63, 3.8) is 0 Å². The average Bonchev–Trinajstić information content (AvgIpc) is 2.57. The first-order chi connectivity index (χ1) is 11.9. The van der Waals surface area contributed by atoms with E-state index in [9.17, 15) is 14.9 Å². The van der Waals surface area contributed by atoms with Gasteiger partial charge in [0.2, 0.25) is 0 Å². The summed E-state index contributed by atoms with van der Waals surface area (Å²) < 4.78 is 0. The zero-order valence-electron chi connectivity index (χ0n) is 14.3. The number of nitrogens with zero attached hydrogens (tertiary/aromatic N) is 2. The molecule has 0 saturated carbocycles. The molecular weight excluding hydrogens is 320 g/mol. The normalized spacial score (nSPS) is 12.0. The highest BCUT2D eigenvalue weighted by molar-refractivity contribution is 5.86. The third kappa shape index (κ3) is 5.13. The van der Waals surface area contributed by atoms with Gasteiger partial charge in [-0.3, -0.25) is 14.9 Å². The quantitative estimate of drug-likeness (QED) is 0.479. The number of nitro groups is 1. The molecule has 0 aliphatic carbocycles. The van der Waals surface area contributed by atoms with Gasteiger partial charge in [-0.15, -0.1) is 0 Å². The van der Waals surface area contributed by atoms with Crippen molar-refractivity contribution in [3.05, 3.63) is 69.3 Å². The van der Waals surface area contributed by atoms with Crippen LogP contribution in [-0.2, 0) is 4.79 Å². The Labute approximate surface area is 145 Å². The fourth-order valence-corrected chi connectivity index (χ4v) is 2.26. The first-order valence-electron chi connectivity index (χ1n) is 7.78. The van der Waals surface area contributed by atoms with Crippen molar-refractivity contribution in [2.24, 2.45) is 5.10 Å². The van der Waals surface area contributed by atoms with Crippen molar-refractivity contribution in [3.8, 4) is 0 Å². The van der Waals surface area contributed by atoms with Crippen LogP contribution in [0.25, 0.3) is 0 Å². The van der Waals surface area contributed by atoms with Crippen molar-refractivity contribution < 1.29 is 9.72 Å². The molecule has 2 N–H and O–H groups in total. The summed E-state index contributed by atoms with van der Waals surface area (Å²) in [5.41, 5.74) is 6.03. The summed E-state index contributed by atoms with van der Waals surface area (Å²) in [4.78, 5) is 22.3. The maximum absolute atomic E-state index is 12.1. The SMILES string of the molecule is Cc1ccc(NC(C)C(=O)NN=Cc2cccc([N+](=O)[O-])c2)c(C)c1. The summed E-state index contributed by atoms with van der Waals surface area (Å²) in [5.74, 6) is -0.304. The molecule has 2 aromatic carbocycles. The lowest BCUT2D eigenvalue weighted by Gasteiger charge is -2.15. The number of carbonyl (C=O) groups excluding carboxylic acids is 1. The number of hydrogen-bond donors (Lipinski definition) is 2. The van der Waals surface area contributed by atoms with Crippen LogP contribution in [0.1, 0.15) is 23.6 Å². The second kappa shape index (κ2) is 8.05. The van der Waals surface area contributed by atoms with Crippen LogP contribution >= 0.6 is 0 Å². The van der Waals surface area contributed by atoms with Crippen LogP contribution in [0.3, 0.4) is 0 Å². The Morgan fingerprint density at radius 1 is 1.24 bits per heavy atom. The Hall–Kier alpha value is -3.22. The van der Waals surface area contributed by atoms with Gasteiger partial charge in [0.25, 0.3) is 11.6 Å². The number of anilines is 1. The van der Waals surface area contributed by atoms with Gasteiger partial charge in [-0.25, -0.2) is 5.43 Å². The Morgan fingerprint density at radius 2 is 2.00 bits per heavy atom. The molecule has 2 aromatic rings. The molecule has 0 spiro atoms. The molecule has 0 aliphatic heterocycles. The summed E-state index contributed by atoms with van der Waals surface area (Å²) in [6, 6.07) is 11.5. The third-order valence-corrected chi connectivity index (χ3v) is 3.62. The first-order valence-corrected chi connectivity index (χ1v) is 7.78. The Bertz CT molecular complexity index is 818. The van der Waals surface area contributed by atoms with E-state index in [1.54, 1.807) is 19.1 Å². The fraction of sp³-hybridized carbons (Fsp3) is 0.222. The predicted octanol–water partition coefficient (Wildman–Crippen LogP) is 3.16. The van der Waals surface area contributed by atoms with Gasteiger partial charge < -0.3 is 5.32 Å². The fourth-order valence-electron chi connectivity index (χ4n) is 2.26. The largest absolute Gasteiger partial charge is 0.374 e. The number of carbonyl (C=O) groups is 1. The second-order valence-corrected chi connectivity index (χ2v) is 5.77. The molecule has 1 amide bonds. The maximum atomic E-state index is 12.1. The van der Waals surface area contributed by atoms with Gasteiger partial charge in [0.05, 0.1) is 11.1 Å². The van der Waals surface area contributed by atoms with Crippen LogP contribution in [-0.4, -0.2) is 23.1 Å². The second-order valence-electron chi connectivity index (χ2n) is 5.77. The highest BCUT2D eigenvalue weighted by Crippen LogP contribution is 2.17. The molecule has 0 saturated heterocycles. The number of nitrogens with one attached hydrogen (secondary N) is 2. The Kier molecular flexibility index (Phi) is 5.84. The van der Waals surface area contributed by atoms with E-state index in [-0.39, 0.29) is 11.6 Å². The highest BCUT2D eigenvalue weighted by atomic mass is 16.6. The number of rotatable bonds is 6. The summed E-state index contributed by atoms with van der Waals surface area (Å²) >= 11 is 0. The molecule has 25 heavy (non-hydrogen) atoms. The molecule has 2 rings (SSSR count). The summed E-state index contributed by atoms with van der Waals surface area (Å²) in [6.45, 7) is 5.72. The summed E-state index contributed by atoms with van der Waals surface area (Å²) in [7, 11) is 0. The number of nitro benzene ring substituents is 1. The Balaban J connectivity index is 1.95. The summed E-state index contributed by atoms with van der Waals surface area (Å²) in [6.07, 6.45) is 1.37.